The first-order valence-corrected chi connectivity index (χ1v) is 16.7. The van der Waals surface area contributed by atoms with E-state index in [0.29, 0.717) is 21.5 Å². The minimum absolute atomic E-state index is 0.0901. The van der Waals surface area contributed by atoms with Gasteiger partial charge in [-0.05, 0) is 53.3 Å². The van der Waals surface area contributed by atoms with E-state index in [2.05, 4.69) is 25.3 Å². The molecule has 5 rings (SSSR count). The van der Waals surface area contributed by atoms with Gasteiger partial charge in [0.15, 0.2) is 0 Å². The van der Waals surface area contributed by atoms with Gasteiger partial charge in [-0.25, -0.2) is 0 Å². The molecule has 4 aromatic carbocycles. The zero-order valence-electron chi connectivity index (χ0n) is 24.2. The molecule has 8 nitrogen and oxygen atoms in total. The van der Waals surface area contributed by atoms with Crippen LogP contribution in [0.15, 0.2) is 131 Å². The molecule has 5 aromatic rings. The predicted molar refractivity (Wildman–Crippen MR) is 183 cm³/mol. The second kappa shape index (κ2) is 15.8. The maximum absolute atomic E-state index is 13.5. The van der Waals surface area contributed by atoms with Crippen LogP contribution >= 0.6 is 35.1 Å². The topological polar surface area (TPSA) is 113 Å². The lowest BCUT2D eigenvalue weighted by molar-refractivity contribution is -0.116. The first kappa shape index (κ1) is 31.7. The number of benzene rings is 4. The molecular formula is C34H29N5O3S3. The average molecular weight is 652 g/mol. The lowest BCUT2D eigenvalue weighted by Crippen LogP contribution is -2.30. The Hall–Kier alpha value is -4.71. The molecule has 0 bridgehead atoms. The minimum Gasteiger partial charge on any atom is -0.321 e. The molecule has 226 valence electrons. The lowest BCUT2D eigenvalue weighted by atomic mass is 10.1. The van der Waals surface area contributed by atoms with Crippen molar-refractivity contribution >= 4 is 69.7 Å². The van der Waals surface area contributed by atoms with E-state index in [9.17, 15) is 14.4 Å². The van der Waals surface area contributed by atoms with Crippen LogP contribution in [0.4, 0.5) is 10.8 Å². The van der Waals surface area contributed by atoms with E-state index in [1.165, 1.54) is 23.5 Å². The summed E-state index contributed by atoms with van der Waals surface area (Å²) in [6.45, 7) is 2.02. The third-order valence-corrected chi connectivity index (χ3v) is 8.96. The van der Waals surface area contributed by atoms with Crippen molar-refractivity contribution in [2.75, 3.05) is 16.4 Å². The van der Waals surface area contributed by atoms with Crippen LogP contribution in [0.25, 0.3) is 6.08 Å². The summed E-state index contributed by atoms with van der Waals surface area (Å²) in [5.41, 5.74) is 2.61. The Morgan fingerprint density at radius 3 is 2.24 bits per heavy atom. The molecule has 0 aliphatic carbocycles. The van der Waals surface area contributed by atoms with E-state index >= 15 is 0 Å². The summed E-state index contributed by atoms with van der Waals surface area (Å²) >= 11 is 4.01. The number of carbonyl (C=O) groups is 3. The number of amides is 3. The third kappa shape index (κ3) is 9.15. The van der Waals surface area contributed by atoms with Gasteiger partial charge in [-0.2, -0.15) is 9.36 Å². The first-order valence-electron chi connectivity index (χ1n) is 14.0. The monoisotopic (exact) mass is 651 g/mol. The Labute approximate surface area is 273 Å². The van der Waals surface area contributed by atoms with Gasteiger partial charge in [0.25, 0.3) is 11.8 Å². The van der Waals surface area contributed by atoms with Crippen molar-refractivity contribution in [1.29, 1.82) is 0 Å². The second-order valence-corrected chi connectivity index (χ2v) is 12.6. The molecule has 0 saturated carbocycles. The van der Waals surface area contributed by atoms with Crippen molar-refractivity contribution in [3.8, 4) is 0 Å². The molecular weight excluding hydrogens is 623 g/mol. The summed E-state index contributed by atoms with van der Waals surface area (Å²) in [6, 6.07) is 34.7. The van der Waals surface area contributed by atoms with Crippen LogP contribution in [-0.2, 0) is 9.59 Å². The quantitative estimate of drug-likeness (QED) is 0.0944. The van der Waals surface area contributed by atoms with E-state index in [1.807, 2.05) is 79.7 Å². The Morgan fingerprint density at radius 1 is 0.844 bits per heavy atom. The average Bonchev–Trinajstić information content (AvgIpc) is 3.51. The fraction of sp³-hybridized carbons (Fsp3) is 0.0882. The second-order valence-electron chi connectivity index (χ2n) is 9.48. The van der Waals surface area contributed by atoms with Gasteiger partial charge in [-0.1, -0.05) is 104 Å². The largest absolute Gasteiger partial charge is 0.321 e. The van der Waals surface area contributed by atoms with E-state index < -0.39 is 17.1 Å². The summed E-state index contributed by atoms with van der Waals surface area (Å²) in [4.78, 5) is 45.2. The molecule has 0 saturated heterocycles. The summed E-state index contributed by atoms with van der Waals surface area (Å²) in [7, 11) is 0. The zero-order valence-corrected chi connectivity index (χ0v) is 26.6. The van der Waals surface area contributed by atoms with Gasteiger partial charge in [0.2, 0.25) is 16.2 Å². The molecule has 0 aliphatic rings. The number of anilines is 2. The van der Waals surface area contributed by atoms with Crippen molar-refractivity contribution in [1.82, 2.24) is 14.7 Å². The normalized spacial score (nSPS) is 11.8. The van der Waals surface area contributed by atoms with Crippen molar-refractivity contribution in [3.63, 3.8) is 0 Å². The highest BCUT2D eigenvalue weighted by Crippen LogP contribution is 2.37. The molecule has 1 aromatic heterocycles. The number of thioether (sulfide) groups is 2. The van der Waals surface area contributed by atoms with Gasteiger partial charge in [0.05, 0.1) is 0 Å². The van der Waals surface area contributed by atoms with Crippen LogP contribution in [0.3, 0.4) is 0 Å². The fourth-order valence-electron chi connectivity index (χ4n) is 4.16. The van der Waals surface area contributed by atoms with E-state index in [0.717, 1.165) is 33.3 Å². The number of aromatic nitrogens is 2. The maximum atomic E-state index is 13.5. The predicted octanol–water partition coefficient (Wildman–Crippen LogP) is 7.53. The highest BCUT2D eigenvalue weighted by Gasteiger charge is 2.24. The highest BCUT2D eigenvalue weighted by molar-refractivity contribution is 8.00. The van der Waals surface area contributed by atoms with Crippen LogP contribution < -0.4 is 16.0 Å². The number of nitrogens with one attached hydrogen (secondary N) is 3. The van der Waals surface area contributed by atoms with Gasteiger partial charge < -0.3 is 10.6 Å². The highest BCUT2D eigenvalue weighted by atomic mass is 32.2. The third-order valence-electron chi connectivity index (χ3n) is 6.24. The Kier molecular flexibility index (Phi) is 11.2. The molecule has 1 heterocycles. The maximum Gasteiger partial charge on any atom is 0.272 e. The van der Waals surface area contributed by atoms with Gasteiger partial charge in [0, 0.05) is 27.7 Å². The van der Waals surface area contributed by atoms with Crippen LogP contribution in [0.1, 0.15) is 33.7 Å². The number of carbonyl (C=O) groups excluding carboxylic acids is 3. The van der Waals surface area contributed by atoms with Crippen LogP contribution in [0.5, 0.6) is 0 Å². The summed E-state index contributed by atoms with van der Waals surface area (Å²) in [6.07, 6.45) is 1.63. The summed E-state index contributed by atoms with van der Waals surface area (Å²) in [5.74, 6) is -0.284. The number of rotatable bonds is 12. The molecule has 11 heteroatoms. The molecule has 1 atom stereocenters. The SMILES string of the molecule is CCSc1nsc(NC(=O)C(Sc2cccc(NC(=O)/C(=C/c3ccccc3)NC(=O)c3ccccc3)c2)c2ccccc2)n1. The molecule has 1 unspecified atom stereocenters. The van der Waals surface area contributed by atoms with Crippen LogP contribution in [-0.4, -0.2) is 32.8 Å². The Morgan fingerprint density at radius 2 is 1.53 bits per heavy atom. The van der Waals surface area contributed by atoms with E-state index in [-0.39, 0.29) is 11.6 Å². The van der Waals surface area contributed by atoms with Crippen molar-refractivity contribution in [2.24, 2.45) is 0 Å². The number of hydrogen-bond acceptors (Lipinski definition) is 8. The molecule has 45 heavy (non-hydrogen) atoms. The van der Waals surface area contributed by atoms with Gasteiger partial charge in [0.1, 0.15) is 10.9 Å². The molecule has 0 aliphatic heterocycles. The minimum atomic E-state index is -0.595. The van der Waals surface area contributed by atoms with Gasteiger partial charge in [-0.15, -0.1) is 11.8 Å². The molecule has 0 fully saturated rings. The Balaban J connectivity index is 1.35. The van der Waals surface area contributed by atoms with Crippen molar-refractivity contribution in [2.45, 2.75) is 22.2 Å². The number of hydrogen-bond donors (Lipinski definition) is 3. The molecule has 3 amide bonds. The standard InChI is InChI=1S/C34H29N5O3S3/c1-2-43-34-38-33(45-39-34)37-32(42)29(24-15-8-4-9-16-24)44-27-20-12-19-26(22-27)35-31(41)28(21-23-13-6-3-7-14-23)36-30(40)25-17-10-5-11-18-25/h3-22,29H,2H2,1H3,(H,35,41)(H,36,40)(H,37,38,39,42)/b28-21-. The van der Waals surface area contributed by atoms with E-state index in [4.69, 9.17) is 0 Å². The van der Waals surface area contributed by atoms with E-state index in [1.54, 1.807) is 48.5 Å². The van der Waals surface area contributed by atoms with Crippen molar-refractivity contribution < 1.29 is 14.4 Å². The van der Waals surface area contributed by atoms with Crippen molar-refractivity contribution in [3.05, 3.63) is 138 Å². The molecule has 3 N–H and O–H groups in total. The molecule has 0 spiro atoms. The van der Waals surface area contributed by atoms with Crippen LogP contribution in [0, 0.1) is 0 Å². The fourth-order valence-corrected chi connectivity index (χ4v) is 6.52. The molecule has 0 radical (unpaired) electrons. The van der Waals surface area contributed by atoms with Gasteiger partial charge >= 0.3 is 0 Å². The Bertz CT molecular complexity index is 1780. The van der Waals surface area contributed by atoms with Crippen LogP contribution in [0.2, 0.25) is 0 Å². The number of nitrogens with zero attached hydrogens (tertiary/aromatic N) is 2. The lowest BCUT2D eigenvalue weighted by Gasteiger charge is -2.17. The van der Waals surface area contributed by atoms with Gasteiger partial charge in [-0.3, -0.25) is 19.7 Å². The first-order chi connectivity index (χ1) is 22.0. The summed E-state index contributed by atoms with van der Waals surface area (Å²) in [5, 5.41) is 9.04. The summed E-state index contributed by atoms with van der Waals surface area (Å²) < 4.78 is 4.29. The zero-order chi connectivity index (χ0) is 31.4. The smallest absolute Gasteiger partial charge is 0.272 e.